The lowest BCUT2D eigenvalue weighted by Gasteiger charge is -2.06. The number of carbonyl (C=O) groups excluding carboxylic acids is 3. The van der Waals surface area contributed by atoms with E-state index in [2.05, 4.69) is 15.4 Å². The lowest BCUT2D eigenvalue weighted by atomic mass is 10.1. The Labute approximate surface area is 109 Å². The number of carbonyl (C=O) groups is 4. The summed E-state index contributed by atoms with van der Waals surface area (Å²) >= 11 is 0. The molecule has 8 nitrogen and oxygen atoms in total. The molecule has 106 valence electrons. The highest BCUT2D eigenvalue weighted by molar-refractivity contribution is 5.95. The molecule has 0 radical (unpaired) electrons. The molecule has 0 aromatic heterocycles. The van der Waals surface area contributed by atoms with E-state index >= 15 is 0 Å². The fraction of sp³-hybridized carbons (Fsp3) is 0.636. The van der Waals surface area contributed by atoms with E-state index in [1.807, 2.05) is 0 Å². The van der Waals surface area contributed by atoms with Crippen LogP contribution in [0.2, 0.25) is 0 Å². The summed E-state index contributed by atoms with van der Waals surface area (Å²) in [5.41, 5.74) is 0. The van der Waals surface area contributed by atoms with Crippen molar-refractivity contribution in [1.82, 2.24) is 10.6 Å². The highest BCUT2D eigenvalue weighted by Gasteiger charge is 2.31. The van der Waals surface area contributed by atoms with Crippen LogP contribution < -0.4 is 10.6 Å². The predicted octanol–water partition coefficient (Wildman–Crippen LogP) is -0.227. The molecule has 0 aromatic carbocycles. The molecule has 1 fully saturated rings. The number of ether oxygens (including phenoxy) is 1. The third-order valence-corrected chi connectivity index (χ3v) is 2.58. The van der Waals surface area contributed by atoms with Gasteiger partial charge in [0, 0.05) is 13.0 Å². The van der Waals surface area contributed by atoms with Crippen molar-refractivity contribution in [2.75, 3.05) is 6.54 Å². The average Bonchev–Trinajstić information content (AvgIpc) is 2.65. The summed E-state index contributed by atoms with van der Waals surface area (Å²) in [6.45, 7) is 0.411. The van der Waals surface area contributed by atoms with Crippen LogP contribution in [0.25, 0.3) is 0 Å². The number of alkyl carbamates (subject to hydrolysis) is 1. The highest BCUT2D eigenvalue weighted by Crippen LogP contribution is 2.08. The Morgan fingerprint density at radius 3 is 2.58 bits per heavy atom. The maximum absolute atomic E-state index is 11.2. The molecule has 0 saturated carbocycles. The molecule has 1 unspecified atom stereocenters. The maximum atomic E-state index is 11.2. The molecule has 0 aromatic rings. The van der Waals surface area contributed by atoms with Gasteiger partial charge in [-0.15, -0.1) is 0 Å². The zero-order valence-electron chi connectivity index (χ0n) is 10.3. The van der Waals surface area contributed by atoms with Crippen molar-refractivity contribution in [3.63, 3.8) is 0 Å². The van der Waals surface area contributed by atoms with Gasteiger partial charge in [-0.05, 0) is 19.3 Å². The number of unbranched alkanes of at least 4 members (excludes halogenated alkanes) is 1. The van der Waals surface area contributed by atoms with E-state index in [9.17, 15) is 19.2 Å². The molecule has 1 atom stereocenters. The average molecular weight is 272 g/mol. The van der Waals surface area contributed by atoms with Crippen LogP contribution in [-0.2, 0) is 19.1 Å². The van der Waals surface area contributed by atoms with Crippen LogP contribution >= 0.6 is 0 Å². The van der Waals surface area contributed by atoms with Crippen molar-refractivity contribution in [3.8, 4) is 0 Å². The normalized spacial score (nSPS) is 17.8. The summed E-state index contributed by atoms with van der Waals surface area (Å²) < 4.78 is 4.31. The van der Waals surface area contributed by atoms with Gasteiger partial charge < -0.3 is 20.5 Å². The Bertz CT molecular complexity index is 381. The molecule has 19 heavy (non-hydrogen) atoms. The van der Waals surface area contributed by atoms with E-state index in [0.717, 1.165) is 0 Å². The van der Waals surface area contributed by atoms with E-state index in [1.165, 1.54) is 0 Å². The number of esters is 1. The molecule has 1 saturated heterocycles. The number of hydrogen-bond donors (Lipinski definition) is 3. The van der Waals surface area contributed by atoms with Crippen LogP contribution in [0.15, 0.2) is 0 Å². The van der Waals surface area contributed by atoms with Gasteiger partial charge in [0.25, 0.3) is 0 Å². The standard InChI is InChI=1S/C11H16N2O6/c14-8(4-5-9(15)16)12-6-2-1-3-7-10(17)19-11(18)13-7/h7H,1-6H2,(H,12,14)(H,13,18)(H,15,16). The zero-order chi connectivity index (χ0) is 14.3. The number of rotatable bonds is 8. The van der Waals surface area contributed by atoms with Crippen molar-refractivity contribution >= 4 is 23.9 Å². The smallest absolute Gasteiger partial charge is 0.415 e. The molecule has 1 aliphatic rings. The van der Waals surface area contributed by atoms with Gasteiger partial charge in [0.15, 0.2) is 0 Å². The first kappa shape index (κ1) is 14.9. The monoisotopic (exact) mass is 272 g/mol. The number of aliphatic carboxylic acids is 1. The summed E-state index contributed by atoms with van der Waals surface area (Å²) in [4.78, 5) is 43.2. The molecular formula is C11H16N2O6. The van der Waals surface area contributed by atoms with E-state index in [-0.39, 0.29) is 18.7 Å². The van der Waals surface area contributed by atoms with Crippen LogP contribution in [0.1, 0.15) is 32.1 Å². The summed E-state index contributed by atoms with van der Waals surface area (Å²) in [5.74, 6) is -1.89. The minimum Gasteiger partial charge on any atom is -0.481 e. The number of amides is 2. The second-order valence-corrected chi connectivity index (χ2v) is 4.14. The Hall–Kier alpha value is -2.12. The van der Waals surface area contributed by atoms with Crippen LogP contribution in [0, 0.1) is 0 Å². The van der Waals surface area contributed by atoms with Crippen molar-refractivity contribution in [2.24, 2.45) is 0 Å². The summed E-state index contributed by atoms with van der Waals surface area (Å²) in [7, 11) is 0. The first-order valence-electron chi connectivity index (χ1n) is 5.99. The van der Waals surface area contributed by atoms with Gasteiger partial charge in [0.05, 0.1) is 6.42 Å². The first-order chi connectivity index (χ1) is 8.99. The maximum Gasteiger partial charge on any atom is 0.415 e. The number of carboxylic acids is 1. The lowest BCUT2D eigenvalue weighted by Crippen LogP contribution is -2.29. The Kier molecular flexibility index (Phi) is 5.77. The molecule has 0 bridgehead atoms. The molecule has 0 aliphatic carbocycles. The molecule has 1 rings (SSSR count). The third kappa shape index (κ3) is 5.84. The lowest BCUT2D eigenvalue weighted by molar-refractivity contribution is -0.138. The number of carboxylic acid groups (broad SMARTS) is 1. The number of cyclic esters (lactones) is 2. The molecule has 3 N–H and O–H groups in total. The Morgan fingerprint density at radius 1 is 1.26 bits per heavy atom. The molecular weight excluding hydrogens is 256 g/mol. The molecule has 2 amide bonds. The van der Waals surface area contributed by atoms with E-state index in [4.69, 9.17) is 5.11 Å². The van der Waals surface area contributed by atoms with Crippen molar-refractivity contribution < 1.29 is 29.0 Å². The van der Waals surface area contributed by atoms with Gasteiger partial charge in [0.2, 0.25) is 5.91 Å². The second-order valence-electron chi connectivity index (χ2n) is 4.14. The van der Waals surface area contributed by atoms with Gasteiger partial charge in [-0.3, -0.25) is 9.59 Å². The van der Waals surface area contributed by atoms with Gasteiger partial charge in [-0.2, -0.15) is 0 Å². The van der Waals surface area contributed by atoms with Gasteiger partial charge in [0.1, 0.15) is 6.04 Å². The largest absolute Gasteiger partial charge is 0.481 e. The summed E-state index contributed by atoms with van der Waals surface area (Å²) in [6, 6.07) is -0.602. The Balaban J connectivity index is 2.02. The van der Waals surface area contributed by atoms with E-state index in [0.29, 0.717) is 25.8 Å². The highest BCUT2D eigenvalue weighted by atomic mass is 16.6. The van der Waals surface area contributed by atoms with Crippen molar-refractivity contribution in [2.45, 2.75) is 38.1 Å². The SMILES string of the molecule is O=C(O)CCC(=O)NCCCCC1NC(=O)OC1=O. The third-order valence-electron chi connectivity index (χ3n) is 2.58. The topological polar surface area (TPSA) is 122 Å². The van der Waals surface area contributed by atoms with Gasteiger partial charge in [-0.1, -0.05) is 0 Å². The second kappa shape index (κ2) is 7.34. The molecule has 8 heteroatoms. The van der Waals surface area contributed by atoms with Crippen LogP contribution in [0.3, 0.4) is 0 Å². The first-order valence-corrected chi connectivity index (χ1v) is 5.99. The quantitative estimate of drug-likeness (QED) is 0.319. The Morgan fingerprint density at radius 2 is 2.00 bits per heavy atom. The van der Waals surface area contributed by atoms with Crippen LogP contribution in [-0.4, -0.2) is 41.6 Å². The number of hydrogen-bond acceptors (Lipinski definition) is 5. The molecule has 1 heterocycles. The minimum atomic E-state index is -1.01. The zero-order valence-corrected chi connectivity index (χ0v) is 10.3. The van der Waals surface area contributed by atoms with E-state index < -0.39 is 24.1 Å². The van der Waals surface area contributed by atoms with Gasteiger partial charge in [-0.25, -0.2) is 9.59 Å². The minimum absolute atomic E-state index is 0.0413. The molecule has 1 aliphatic heterocycles. The summed E-state index contributed by atoms with van der Waals surface area (Å²) in [6.07, 6.45) is 0.774. The number of nitrogens with one attached hydrogen (secondary N) is 2. The van der Waals surface area contributed by atoms with Crippen LogP contribution in [0.5, 0.6) is 0 Å². The van der Waals surface area contributed by atoms with Crippen molar-refractivity contribution in [1.29, 1.82) is 0 Å². The van der Waals surface area contributed by atoms with Crippen molar-refractivity contribution in [3.05, 3.63) is 0 Å². The van der Waals surface area contributed by atoms with Gasteiger partial charge >= 0.3 is 18.0 Å². The molecule has 0 spiro atoms. The van der Waals surface area contributed by atoms with E-state index in [1.54, 1.807) is 0 Å². The predicted molar refractivity (Wildman–Crippen MR) is 62.1 cm³/mol. The summed E-state index contributed by atoms with van der Waals surface area (Å²) in [5, 5.41) is 13.3. The fourth-order valence-corrected chi connectivity index (χ4v) is 1.59. The fourth-order valence-electron chi connectivity index (χ4n) is 1.59. The van der Waals surface area contributed by atoms with Crippen LogP contribution in [0.4, 0.5) is 4.79 Å².